The SMILES string of the molecule is O=C1CCCN1CC#CCN1C[C@@H]2[C@H]3CC[C@@H](C3)[C@@H]2C1. The molecule has 2 bridgehead atoms. The number of amides is 1. The van der Waals surface area contributed by atoms with Crippen molar-refractivity contribution in [2.24, 2.45) is 23.7 Å². The fourth-order valence-electron chi connectivity index (χ4n) is 5.09. The third kappa shape index (κ3) is 2.15. The van der Waals surface area contributed by atoms with Crippen molar-refractivity contribution in [3.05, 3.63) is 0 Å². The van der Waals surface area contributed by atoms with E-state index in [9.17, 15) is 4.79 Å². The van der Waals surface area contributed by atoms with E-state index >= 15 is 0 Å². The number of likely N-dealkylation sites (tertiary alicyclic amines) is 2. The minimum absolute atomic E-state index is 0.284. The molecule has 0 aromatic heterocycles. The van der Waals surface area contributed by atoms with Gasteiger partial charge in [-0.05, 0) is 49.4 Å². The highest BCUT2D eigenvalue weighted by Gasteiger charge is 2.51. The summed E-state index contributed by atoms with van der Waals surface area (Å²) in [5.74, 6) is 10.8. The van der Waals surface area contributed by atoms with E-state index in [2.05, 4.69) is 16.7 Å². The standard InChI is InChI=1S/C17H24N2O/c20-17-4-3-9-19(17)8-2-1-7-18-11-15-13-5-6-14(10-13)16(15)12-18/h13-16H,3-12H2/t13-,14-,15-,16+/m0/s1. The smallest absolute Gasteiger partial charge is 0.223 e. The summed E-state index contributed by atoms with van der Waals surface area (Å²) in [6, 6.07) is 0. The van der Waals surface area contributed by atoms with Crippen molar-refractivity contribution in [2.75, 3.05) is 32.7 Å². The predicted octanol–water partition coefficient (Wildman–Crippen LogP) is 1.59. The average Bonchev–Trinajstić information content (AvgIpc) is 3.17. The number of carbonyl (C=O) groups is 1. The third-order valence-electron chi connectivity index (χ3n) is 6.08. The monoisotopic (exact) mass is 272 g/mol. The van der Waals surface area contributed by atoms with Crippen molar-refractivity contribution >= 4 is 5.91 Å². The summed E-state index contributed by atoms with van der Waals surface area (Å²) in [6.07, 6.45) is 6.23. The Morgan fingerprint density at radius 3 is 2.40 bits per heavy atom. The number of hydrogen-bond donors (Lipinski definition) is 0. The van der Waals surface area contributed by atoms with Gasteiger partial charge in [-0.1, -0.05) is 11.8 Å². The normalized spacial score (nSPS) is 39.2. The molecule has 0 spiro atoms. The topological polar surface area (TPSA) is 23.6 Å². The Labute approximate surface area is 121 Å². The van der Waals surface area contributed by atoms with Crippen LogP contribution in [0.2, 0.25) is 0 Å². The second-order valence-electron chi connectivity index (χ2n) is 7.13. The minimum Gasteiger partial charge on any atom is -0.332 e. The van der Waals surface area contributed by atoms with Gasteiger partial charge in [-0.25, -0.2) is 0 Å². The Bertz CT molecular complexity index is 445. The third-order valence-corrected chi connectivity index (χ3v) is 6.08. The molecule has 2 saturated heterocycles. The molecule has 3 nitrogen and oxygen atoms in total. The Morgan fingerprint density at radius 1 is 1.05 bits per heavy atom. The van der Waals surface area contributed by atoms with Crippen LogP contribution >= 0.6 is 0 Å². The summed E-state index contributed by atoms with van der Waals surface area (Å²) in [4.78, 5) is 15.9. The van der Waals surface area contributed by atoms with E-state index in [-0.39, 0.29) is 5.91 Å². The molecule has 0 aromatic rings. The number of rotatable bonds is 2. The maximum absolute atomic E-state index is 11.5. The van der Waals surface area contributed by atoms with Crippen LogP contribution in [0.1, 0.15) is 32.1 Å². The second-order valence-corrected chi connectivity index (χ2v) is 7.13. The van der Waals surface area contributed by atoms with Gasteiger partial charge in [-0.3, -0.25) is 9.69 Å². The fraction of sp³-hybridized carbons (Fsp3) is 0.824. The molecule has 3 heteroatoms. The zero-order chi connectivity index (χ0) is 13.5. The molecule has 1 amide bonds. The molecule has 2 heterocycles. The number of hydrogen-bond acceptors (Lipinski definition) is 2. The first-order valence-corrected chi connectivity index (χ1v) is 8.27. The van der Waals surface area contributed by atoms with Gasteiger partial charge in [0, 0.05) is 26.1 Å². The average molecular weight is 272 g/mol. The zero-order valence-corrected chi connectivity index (χ0v) is 12.2. The highest BCUT2D eigenvalue weighted by atomic mass is 16.2. The molecular formula is C17H24N2O. The van der Waals surface area contributed by atoms with Gasteiger partial charge >= 0.3 is 0 Å². The van der Waals surface area contributed by atoms with E-state index in [1.807, 2.05) is 4.90 Å². The van der Waals surface area contributed by atoms with Gasteiger partial charge in [0.25, 0.3) is 0 Å². The van der Waals surface area contributed by atoms with Gasteiger partial charge < -0.3 is 4.90 Å². The summed E-state index contributed by atoms with van der Waals surface area (Å²) in [6.45, 7) is 5.02. The molecule has 108 valence electrons. The van der Waals surface area contributed by atoms with Crippen LogP contribution in [0, 0.1) is 35.5 Å². The van der Waals surface area contributed by atoms with Crippen LogP contribution in [0.25, 0.3) is 0 Å². The molecule has 4 aliphatic rings. The second kappa shape index (κ2) is 5.07. The highest BCUT2D eigenvalue weighted by molar-refractivity contribution is 5.78. The summed E-state index contributed by atoms with van der Waals surface area (Å²) < 4.78 is 0. The van der Waals surface area contributed by atoms with Crippen LogP contribution in [0.3, 0.4) is 0 Å². The van der Waals surface area contributed by atoms with Crippen LogP contribution in [0.4, 0.5) is 0 Å². The summed E-state index contributed by atoms with van der Waals surface area (Å²) >= 11 is 0. The first kappa shape index (κ1) is 12.7. The van der Waals surface area contributed by atoms with Crippen molar-refractivity contribution in [3.63, 3.8) is 0 Å². The van der Waals surface area contributed by atoms with Crippen LogP contribution in [0.5, 0.6) is 0 Å². The Balaban J connectivity index is 1.26. The number of fused-ring (bicyclic) bond motifs is 5. The van der Waals surface area contributed by atoms with Crippen molar-refractivity contribution < 1.29 is 4.79 Å². The minimum atomic E-state index is 0.284. The van der Waals surface area contributed by atoms with E-state index in [0.717, 1.165) is 49.6 Å². The van der Waals surface area contributed by atoms with Crippen LogP contribution in [-0.4, -0.2) is 48.4 Å². The first-order valence-electron chi connectivity index (χ1n) is 8.27. The number of nitrogens with zero attached hydrogens (tertiary/aromatic N) is 2. The van der Waals surface area contributed by atoms with E-state index < -0.39 is 0 Å². The molecule has 20 heavy (non-hydrogen) atoms. The molecule has 2 aliphatic heterocycles. The van der Waals surface area contributed by atoms with Gasteiger partial charge in [0.1, 0.15) is 0 Å². The molecule has 0 N–H and O–H groups in total. The maximum atomic E-state index is 11.5. The molecule has 4 fully saturated rings. The lowest BCUT2D eigenvalue weighted by Gasteiger charge is -2.22. The lowest BCUT2D eigenvalue weighted by molar-refractivity contribution is -0.127. The lowest BCUT2D eigenvalue weighted by Crippen LogP contribution is -2.25. The van der Waals surface area contributed by atoms with E-state index in [0.29, 0.717) is 6.54 Å². The Kier molecular flexibility index (Phi) is 3.22. The summed E-state index contributed by atoms with van der Waals surface area (Å²) in [7, 11) is 0. The van der Waals surface area contributed by atoms with Crippen LogP contribution in [0.15, 0.2) is 0 Å². The van der Waals surface area contributed by atoms with Crippen molar-refractivity contribution in [3.8, 4) is 11.8 Å². The zero-order valence-electron chi connectivity index (χ0n) is 12.2. The van der Waals surface area contributed by atoms with Crippen LogP contribution < -0.4 is 0 Å². The van der Waals surface area contributed by atoms with Gasteiger partial charge in [-0.2, -0.15) is 0 Å². The van der Waals surface area contributed by atoms with Gasteiger partial charge in [0.2, 0.25) is 5.91 Å². The molecular weight excluding hydrogens is 248 g/mol. The lowest BCUT2D eigenvalue weighted by atomic mass is 9.82. The van der Waals surface area contributed by atoms with E-state index in [1.165, 1.54) is 32.4 Å². The maximum Gasteiger partial charge on any atom is 0.223 e. The predicted molar refractivity (Wildman–Crippen MR) is 77.8 cm³/mol. The van der Waals surface area contributed by atoms with Gasteiger partial charge in [-0.15, -0.1) is 0 Å². The van der Waals surface area contributed by atoms with Crippen LogP contribution in [-0.2, 0) is 4.79 Å². The highest BCUT2D eigenvalue weighted by Crippen LogP contribution is 2.54. The quantitative estimate of drug-likeness (QED) is 0.713. The Hall–Kier alpha value is -1.01. The van der Waals surface area contributed by atoms with E-state index in [4.69, 9.17) is 0 Å². The van der Waals surface area contributed by atoms with Gasteiger partial charge in [0.05, 0.1) is 13.1 Å². The first-order chi connectivity index (χ1) is 9.81. The molecule has 0 aromatic carbocycles. The van der Waals surface area contributed by atoms with Gasteiger partial charge in [0.15, 0.2) is 0 Å². The molecule has 4 rings (SSSR count). The van der Waals surface area contributed by atoms with Crippen molar-refractivity contribution in [1.29, 1.82) is 0 Å². The largest absolute Gasteiger partial charge is 0.332 e. The molecule has 2 saturated carbocycles. The molecule has 4 atom stereocenters. The number of carbonyl (C=O) groups excluding carboxylic acids is 1. The fourth-order valence-corrected chi connectivity index (χ4v) is 5.09. The molecule has 0 radical (unpaired) electrons. The Morgan fingerprint density at radius 2 is 1.75 bits per heavy atom. The molecule has 2 aliphatic carbocycles. The van der Waals surface area contributed by atoms with E-state index in [1.54, 1.807) is 0 Å². The van der Waals surface area contributed by atoms with Crippen molar-refractivity contribution in [2.45, 2.75) is 32.1 Å². The molecule has 0 unspecified atom stereocenters. The van der Waals surface area contributed by atoms with Crippen molar-refractivity contribution in [1.82, 2.24) is 9.80 Å². The summed E-state index contributed by atoms with van der Waals surface area (Å²) in [5, 5.41) is 0. The summed E-state index contributed by atoms with van der Waals surface area (Å²) in [5.41, 5.74) is 0.